The normalized spacial score (nSPS) is 28.1. The summed E-state index contributed by atoms with van der Waals surface area (Å²) in [5, 5.41) is 0. The Bertz CT molecular complexity index is 284. The van der Waals surface area contributed by atoms with Crippen LogP contribution >= 0.6 is 0 Å². The van der Waals surface area contributed by atoms with Gasteiger partial charge in [0.05, 0.1) is 0 Å². The van der Waals surface area contributed by atoms with Crippen LogP contribution in [0.25, 0.3) is 0 Å². The van der Waals surface area contributed by atoms with Gasteiger partial charge in [-0.2, -0.15) is 0 Å². The molecule has 1 fully saturated rings. The van der Waals surface area contributed by atoms with Crippen molar-refractivity contribution in [2.45, 2.75) is 32.0 Å². The van der Waals surface area contributed by atoms with Crippen molar-refractivity contribution in [3.05, 3.63) is 35.9 Å². The van der Waals surface area contributed by atoms with E-state index in [0.717, 1.165) is 19.5 Å². The van der Waals surface area contributed by atoms with Crippen molar-refractivity contribution in [1.82, 2.24) is 4.90 Å². The molecule has 0 aliphatic carbocycles. The molecule has 0 aromatic heterocycles. The van der Waals surface area contributed by atoms with E-state index in [9.17, 15) is 0 Å². The number of hydrogen-bond acceptors (Lipinski definition) is 2. The number of hydrogen-bond donors (Lipinski definition) is 1. The Kier molecular flexibility index (Phi) is 2.85. The third kappa shape index (κ3) is 2.14. The molecule has 2 rings (SSSR count). The molecule has 1 aromatic rings. The molecule has 14 heavy (non-hydrogen) atoms. The summed E-state index contributed by atoms with van der Waals surface area (Å²) < 4.78 is 0. The van der Waals surface area contributed by atoms with Gasteiger partial charge in [0.15, 0.2) is 0 Å². The Morgan fingerprint density at radius 3 is 2.64 bits per heavy atom. The predicted octanol–water partition coefficient (Wildman–Crippen LogP) is 1.61. The highest BCUT2D eigenvalue weighted by atomic mass is 15.2. The van der Waals surface area contributed by atoms with Crippen LogP contribution in [-0.2, 0) is 6.54 Å². The van der Waals surface area contributed by atoms with Crippen molar-refractivity contribution in [2.24, 2.45) is 5.73 Å². The Balaban J connectivity index is 1.98. The van der Waals surface area contributed by atoms with E-state index in [1.165, 1.54) is 5.56 Å². The zero-order valence-corrected chi connectivity index (χ0v) is 8.69. The van der Waals surface area contributed by atoms with E-state index in [0.29, 0.717) is 12.1 Å². The highest BCUT2D eigenvalue weighted by Crippen LogP contribution is 2.18. The quantitative estimate of drug-likeness (QED) is 0.767. The van der Waals surface area contributed by atoms with E-state index in [2.05, 4.69) is 42.2 Å². The minimum atomic E-state index is 0.369. The molecule has 0 radical (unpaired) electrons. The summed E-state index contributed by atoms with van der Waals surface area (Å²) in [6.45, 7) is 4.33. The minimum absolute atomic E-state index is 0.369. The van der Waals surface area contributed by atoms with Crippen LogP contribution in [0.15, 0.2) is 30.3 Å². The number of likely N-dealkylation sites (tertiary alicyclic amines) is 1. The molecular formula is C12H18N2. The van der Waals surface area contributed by atoms with Crippen molar-refractivity contribution in [1.29, 1.82) is 0 Å². The van der Waals surface area contributed by atoms with Crippen molar-refractivity contribution >= 4 is 0 Å². The van der Waals surface area contributed by atoms with E-state index >= 15 is 0 Å². The summed E-state index contributed by atoms with van der Waals surface area (Å²) in [7, 11) is 0. The first kappa shape index (κ1) is 9.69. The molecule has 1 unspecified atom stereocenters. The van der Waals surface area contributed by atoms with Gasteiger partial charge in [-0.1, -0.05) is 30.3 Å². The van der Waals surface area contributed by atoms with Gasteiger partial charge < -0.3 is 5.73 Å². The second kappa shape index (κ2) is 4.11. The first-order valence-electron chi connectivity index (χ1n) is 5.29. The van der Waals surface area contributed by atoms with Crippen LogP contribution < -0.4 is 5.73 Å². The summed E-state index contributed by atoms with van der Waals surface area (Å²) in [5.41, 5.74) is 7.31. The maximum Gasteiger partial charge on any atom is 0.0237 e. The smallest absolute Gasteiger partial charge is 0.0237 e. The molecule has 1 aliphatic rings. The molecule has 1 aromatic carbocycles. The van der Waals surface area contributed by atoms with E-state index in [4.69, 9.17) is 5.73 Å². The molecule has 0 bridgehead atoms. The van der Waals surface area contributed by atoms with Crippen LogP contribution in [0.5, 0.6) is 0 Å². The lowest BCUT2D eigenvalue weighted by atomic mass is 10.2. The first-order chi connectivity index (χ1) is 6.75. The topological polar surface area (TPSA) is 29.3 Å². The minimum Gasteiger partial charge on any atom is -0.326 e. The van der Waals surface area contributed by atoms with Gasteiger partial charge in [0, 0.05) is 25.2 Å². The van der Waals surface area contributed by atoms with Crippen LogP contribution in [0.3, 0.4) is 0 Å². The fourth-order valence-electron chi connectivity index (χ4n) is 2.18. The maximum absolute atomic E-state index is 5.93. The lowest BCUT2D eigenvalue weighted by molar-refractivity contribution is 0.259. The zero-order valence-electron chi connectivity index (χ0n) is 8.69. The predicted molar refractivity (Wildman–Crippen MR) is 58.9 cm³/mol. The highest BCUT2D eigenvalue weighted by Gasteiger charge is 2.25. The molecule has 0 saturated carbocycles. The number of benzene rings is 1. The molecule has 2 nitrogen and oxygen atoms in total. The van der Waals surface area contributed by atoms with Crippen LogP contribution in [-0.4, -0.2) is 23.5 Å². The third-order valence-corrected chi connectivity index (χ3v) is 2.96. The second-order valence-corrected chi connectivity index (χ2v) is 4.26. The average molecular weight is 190 g/mol. The number of rotatable bonds is 2. The summed E-state index contributed by atoms with van der Waals surface area (Å²) in [6, 6.07) is 11.6. The van der Waals surface area contributed by atoms with Gasteiger partial charge in [0.25, 0.3) is 0 Å². The van der Waals surface area contributed by atoms with Gasteiger partial charge in [-0.15, -0.1) is 0 Å². The van der Waals surface area contributed by atoms with Crippen molar-refractivity contribution < 1.29 is 0 Å². The third-order valence-electron chi connectivity index (χ3n) is 2.96. The van der Waals surface area contributed by atoms with E-state index < -0.39 is 0 Å². The average Bonchev–Trinajstić information content (AvgIpc) is 2.47. The molecule has 1 heterocycles. The lowest BCUT2D eigenvalue weighted by Gasteiger charge is -2.20. The molecule has 0 amide bonds. The Hall–Kier alpha value is -0.860. The Morgan fingerprint density at radius 2 is 2.07 bits per heavy atom. The monoisotopic (exact) mass is 190 g/mol. The summed E-state index contributed by atoms with van der Waals surface area (Å²) >= 11 is 0. The summed E-state index contributed by atoms with van der Waals surface area (Å²) in [4.78, 5) is 2.46. The fourth-order valence-corrected chi connectivity index (χ4v) is 2.18. The molecule has 1 saturated heterocycles. The van der Waals surface area contributed by atoms with Crippen molar-refractivity contribution in [2.75, 3.05) is 6.54 Å². The maximum atomic E-state index is 5.93. The van der Waals surface area contributed by atoms with Gasteiger partial charge >= 0.3 is 0 Å². The van der Waals surface area contributed by atoms with Gasteiger partial charge in [-0.3, -0.25) is 4.90 Å². The largest absolute Gasteiger partial charge is 0.326 e. The summed E-state index contributed by atoms with van der Waals surface area (Å²) in [5.74, 6) is 0. The van der Waals surface area contributed by atoms with Crippen LogP contribution in [0, 0.1) is 0 Å². The molecule has 2 heteroatoms. The Morgan fingerprint density at radius 1 is 1.36 bits per heavy atom. The van der Waals surface area contributed by atoms with Crippen molar-refractivity contribution in [3.63, 3.8) is 0 Å². The fraction of sp³-hybridized carbons (Fsp3) is 0.500. The second-order valence-electron chi connectivity index (χ2n) is 4.26. The zero-order chi connectivity index (χ0) is 9.97. The first-order valence-corrected chi connectivity index (χ1v) is 5.29. The van der Waals surface area contributed by atoms with E-state index in [1.807, 2.05) is 0 Å². The molecular weight excluding hydrogens is 172 g/mol. The lowest BCUT2D eigenvalue weighted by Crippen LogP contribution is -2.28. The van der Waals surface area contributed by atoms with Crippen LogP contribution in [0.2, 0.25) is 0 Å². The standard InChI is InChI=1S/C12H18N2/c1-10-7-12(13)9-14(10)8-11-5-3-2-4-6-11/h2-6,10,12H,7-9,13H2,1H3/t10?,12-/m0/s1. The van der Waals surface area contributed by atoms with Gasteiger partial charge in [-0.05, 0) is 18.9 Å². The summed E-state index contributed by atoms with van der Waals surface area (Å²) in [6.07, 6.45) is 1.13. The highest BCUT2D eigenvalue weighted by molar-refractivity contribution is 5.14. The van der Waals surface area contributed by atoms with E-state index in [-0.39, 0.29) is 0 Å². The van der Waals surface area contributed by atoms with Gasteiger partial charge in [0.1, 0.15) is 0 Å². The molecule has 2 atom stereocenters. The number of nitrogens with two attached hydrogens (primary N) is 1. The molecule has 76 valence electrons. The van der Waals surface area contributed by atoms with Crippen LogP contribution in [0.1, 0.15) is 18.9 Å². The Labute approximate surface area is 85.7 Å². The molecule has 1 aliphatic heterocycles. The SMILES string of the molecule is CC1C[C@H](N)CN1Cc1ccccc1. The molecule has 0 spiro atoms. The van der Waals surface area contributed by atoms with Crippen molar-refractivity contribution in [3.8, 4) is 0 Å². The van der Waals surface area contributed by atoms with Gasteiger partial charge in [0.2, 0.25) is 0 Å². The molecule has 2 N–H and O–H groups in total. The van der Waals surface area contributed by atoms with Gasteiger partial charge in [-0.25, -0.2) is 0 Å². The van der Waals surface area contributed by atoms with E-state index in [1.54, 1.807) is 0 Å². The number of nitrogens with zero attached hydrogens (tertiary/aromatic N) is 1. The van der Waals surface area contributed by atoms with Crippen LogP contribution in [0.4, 0.5) is 0 Å².